The van der Waals surface area contributed by atoms with Crippen LogP contribution < -0.4 is 5.43 Å². The molecule has 0 aliphatic heterocycles. The normalized spacial score (nSPS) is 11.5. The summed E-state index contributed by atoms with van der Waals surface area (Å²) >= 11 is 0. The lowest BCUT2D eigenvalue weighted by atomic mass is 10.2. The topological polar surface area (TPSA) is 99.1 Å². The summed E-state index contributed by atoms with van der Waals surface area (Å²) in [6.07, 6.45) is 1.50. The number of aromatic hydroxyl groups is 1. The van der Waals surface area contributed by atoms with Gasteiger partial charge < -0.3 is 10.1 Å². The maximum atomic E-state index is 9.68. The molecule has 7 nitrogen and oxygen atoms in total. The third-order valence-electron chi connectivity index (χ3n) is 3.67. The van der Waals surface area contributed by atoms with E-state index in [2.05, 4.69) is 30.7 Å². The van der Waals surface area contributed by atoms with E-state index < -0.39 is 0 Å². The number of H-pyrrole nitrogens is 1. The summed E-state index contributed by atoms with van der Waals surface area (Å²) in [5, 5.41) is 23.0. The molecular weight excluding hydrogens is 304 g/mol. The van der Waals surface area contributed by atoms with Crippen LogP contribution in [0.15, 0.2) is 47.6 Å². The lowest BCUT2D eigenvalue weighted by Crippen LogP contribution is -1.99. The fourth-order valence-electron chi connectivity index (χ4n) is 2.49. The summed E-state index contributed by atoms with van der Waals surface area (Å²) < 4.78 is 0. The Balaban J connectivity index is 1.63. The first kappa shape index (κ1) is 14.1. The Kier molecular flexibility index (Phi) is 3.31. The number of benzene rings is 2. The molecule has 0 aliphatic carbocycles. The first-order valence-electron chi connectivity index (χ1n) is 7.40. The zero-order valence-electron chi connectivity index (χ0n) is 12.9. The lowest BCUT2D eigenvalue weighted by molar-refractivity contribution is 0.474. The predicted octanol–water partition coefficient (Wildman–Crippen LogP) is 2.97. The first-order chi connectivity index (χ1) is 11.7. The van der Waals surface area contributed by atoms with Crippen LogP contribution in [0.1, 0.15) is 11.1 Å². The van der Waals surface area contributed by atoms with Crippen molar-refractivity contribution < 1.29 is 5.11 Å². The molecule has 4 rings (SSSR count). The molecule has 2 aromatic carbocycles. The molecule has 0 amide bonds. The number of phenolic OH excluding ortho intramolecular Hbond substituents is 1. The third kappa shape index (κ3) is 2.52. The molecule has 0 atom stereocenters. The van der Waals surface area contributed by atoms with E-state index in [0.717, 1.165) is 22.0 Å². The van der Waals surface area contributed by atoms with Crippen LogP contribution in [-0.4, -0.2) is 31.5 Å². The highest BCUT2D eigenvalue weighted by atomic mass is 16.3. The number of hydrazone groups is 1. The molecule has 118 valence electrons. The maximum absolute atomic E-state index is 9.68. The van der Waals surface area contributed by atoms with E-state index in [1.807, 2.05) is 31.2 Å². The summed E-state index contributed by atoms with van der Waals surface area (Å²) in [5.74, 6) is 0.431. The van der Waals surface area contributed by atoms with Gasteiger partial charge in [0.1, 0.15) is 11.3 Å². The zero-order valence-corrected chi connectivity index (χ0v) is 12.9. The van der Waals surface area contributed by atoms with Gasteiger partial charge in [-0.05, 0) is 31.2 Å². The molecule has 3 N–H and O–H groups in total. The molecule has 0 bridgehead atoms. The number of nitrogens with zero attached hydrogens (tertiary/aromatic N) is 4. The van der Waals surface area contributed by atoms with Gasteiger partial charge in [0, 0.05) is 16.5 Å². The lowest BCUT2D eigenvalue weighted by Gasteiger charge is -1.98. The van der Waals surface area contributed by atoms with Crippen LogP contribution in [0, 0.1) is 6.92 Å². The van der Waals surface area contributed by atoms with Gasteiger partial charge in [-0.15, -0.1) is 10.2 Å². The predicted molar refractivity (Wildman–Crippen MR) is 93.3 cm³/mol. The Morgan fingerprint density at radius 2 is 2.04 bits per heavy atom. The average molecular weight is 318 g/mol. The number of aromatic nitrogens is 4. The fraction of sp³-hybridized carbons (Fsp3) is 0.0588. The highest BCUT2D eigenvalue weighted by Crippen LogP contribution is 2.23. The molecule has 24 heavy (non-hydrogen) atoms. The Morgan fingerprint density at radius 3 is 2.92 bits per heavy atom. The van der Waals surface area contributed by atoms with Crippen LogP contribution >= 0.6 is 0 Å². The van der Waals surface area contributed by atoms with Crippen LogP contribution in [-0.2, 0) is 0 Å². The average Bonchev–Trinajstić information content (AvgIpc) is 2.94. The number of phenols is 1. The van der Waals surface area contributed by atoms with Crippen LogP contribution in [0.25, 0.3) is 22.1 Å². The van der Waals surface area contributed by atoms with Crippen molar-refractivity contribution in [1.82, 2.24) is 20.2 Å². The minimum absolute atomic E-state index is 0.156. The summed E-state index contributed by atoms with van der Waals surface area (Å²) in [6.45, 7) is 2.03. The molecular formula is C17H14N6O. The summed E-state index contributed by atoms with van der Waals surface area (Å²) in [4.78, 5) is 7.60. The second-order valence-electron chi connectivity index (χ2n) is 5.44. The maximum Gasteiger partial charge on any atom is 0.265 e. The molecule has 0 unspecified atom stereocenters. The molecule has 0 fully saturated rings. The van der Waals surface area contributed by atoms with Crippen LogP contribution in [0.3, 0.4) is 0 Å². The molecule has 0 radical (unpaired) electrons. The van der Waals surface area contributed by atoms with Gasteiger partial charge in [0.05, 0.1) is 6.21 Å². The van der Waals surface area contributed by atoms with Crippen molar-refractivity contribution >= 4 is 34.2 Å². The van der Waals surface area contributed by atoms with Crippen molar-refractivity contribution in [3.05, 3.63) is 53.6 Å². The molecule has 0 saturated heterocycles. The van der Waals surface area contributed by atoms with E-state index in [1.54, 1.807) is 18.2 Å². The molecule has 7 heteroatoms. The van der Waals surface area contributed by atoms with Crippen molar-refractivity contribution in [2.75, 3.05) is 5.43 Å². The minimum Gasteiger partial charge on any atom is -0.507 e. The number of anilines is 1. The van der Waals surface area contributed by atoms with E-state index in [9.17, 15) is 5.11 Å². The SMILES string of the molecule is Cc1ccc2[nH]c3nc(N/N=C/c4ccccc4O)nnc3c2c1. The van der Waals surface area contributed by atoms with Crippen molar-refractivity contribution in [2.45, 2.75) is 6.92 Å². The van der Waals surface area contributed by atoms with E-state index in [4.69, 9.17) is 0 Å². The molecule has 2 heterocycles. The van der Waals surface area contributed by atoms with Crippen LogP contribution in [0.4, 0.5) is 5.95 Å². The Morgan fingerprint density at radius 1 is 1.17 bits per heavy atom. The Hall–Kier alpha value is -3.48. The molecule has 4 aromatic rings. The molecule has 0 saturated carbocycles. The Labute approximate surface area is 137 Å². The van der Waals surface area contributed by atoms with E-state index in [1.165, 1.54) is 6.21 Å². The van der Waals surface area contributed by atoms with Crippen molar-refractivity contribution in [2.24, 2.45) is 5.10 Å². The van der Waals surface area contributed by atoms with Gasteiger partial charge in [-0.25, -0.2) is 5.43 Å². The quantitative estimate of drug-likeness (QED) is 0.398. The first-order valence-corrected chi connectivity index (χ1v) is 7.40. The molecule has 2 aromatic heterocycles. The number of rotatable bonds is 3. The Bertz CT molecular complexity index is 1070. The smallest absolute Gasteiger partial charge is 0.265 e. The summed E-state index contributed by atoms with van der Waals surface area (Å²) in [6, 6.07) is 13.0. The number of aryl methyl sites for hydroxylation is 1. The van der Waals surface area contributed by atoms with Gasteiger partial charge in [-0.1, -0.05) is 23.8 Å². The van der Waals surface area contributed by atoms with Gasteiger partial charge in [-0.3, -0.25) is 0 Å². The fourth-order valence-corrected chi connectivity index (χ4v) is 2.49. The number of aromatic amines is 1. The number of hydrogen-bond donors (Lipinski definition) is 3. The van der Waals surface area contributed by atoms with Gasteiger partial charge in [0.2, 0.25) is 0 Å². The number of para-hydroxylation sites is 1. The van der Waals surface area contributed by atoms with Crippen molar-refractivity contribution in [3.63, 3.8) is 0 Å². The standard InChI is InChI=1S/C17H14N6O/c1-10-6-7-13-12(8-10)15-16(19-13)20-17(23-21-15)22-18-9-11-4-2-3-5-14(11)24/h2-9,24H,1H3,(H2,19,20,22,23)/b18-9+. The largest absolute Gasteiger partial charge is 0.507 e. The monoisotopic (exact) mass is 318 g/mol. The van der Waals surface area contributed by atoms with Crippen LogP contribution in [0.5, 0.6) is 5.75 Å². The van der Waals surface area contributed by atoms with E-state index in [0.29, 0.717) is 11.2 Å². The third-order valence-corrected chi connectivity index (χ3v) is 3.67. The number of nitrogens with one attached hydrogen (secondary N) is 2. The van der Waals surface area contributed by atoms with Gasteiger partial charge in [0.25, 0.3) is 5.95 Å². The summed E-state index contributed by atoms with van der Waals surface area (Å²) in [5.41, 5.74) is 6.81. The highest BCUT2D eigenvalue weighted by Gasteiger charge is 2.08. The number of hydrogen-bond acceptors (Lipinski definition) is 6. The van der Waals surface area contributed by atoms with Gasteiger partial charge >= 0.3 is 0 Å². The number of fused-ring (bicyclic) bond motifs is 3. The van der Waals surface area contributed by atoms with Gasteiger partial charge in [0.15, 0.2) is 5.65 Å². The van der Waals surface area contributed by atoms with Gasteiger partial charge in [-0.2, -0.15) is 10.1 Å². The molecule has 0 aliphatic rings. The second kappa shape index (κ2) is 5.62. The second-order valence-corrected chi connectivity index (χ2v) is 5.44. The van der Waals surface area contributed by atoms with E-state index in [-0.39, 0.29) is 11.7 Å². The highest BCUT2D eigenvalue weighted by molar-refractivity contribution is 6.03. The summed E-state index contributed by atoms with van der Waals surface area (Å²) in [7, 11) is 0. The van der Waals surface area contributed by atoms with Crippen molar-refractivity contribution in [3.8, 4) is 5.75 Å². The van der Waals surface area contributed by atoms with E-state index >= 15 is 0 Å². The molecule has 0 spiro atoms. The van der Waals surface area contributed by atoms with Crippen LogP contribution in [0.2, 0.25) is 0 Å². The van der Waals surface area contributed by atoms with Crippen molar-refractivity contribution in [1.29, 1.82) is 0 Å². The minimum atomic E-state index is 0.156. The zero-order chi connectivity index (χ0) is 16.5.